The molecule has 0 radical (unpaired) electrons. The average molecular weight is 499 g/mol. The van der Waals surface area contributed by atoms with E-state index in [4.69, 9.17) is 4.74 Å². The summed E-state index contributed by atoms with van der Waals surface area (Å²) in [6, 6.07) is 13.7. The summed E-state index contributed by atoms with van der Waals surface area (Å²) in [5.74, 6) is -2.71. The van der Waals surface area contributed by atoms with Crippen LogP contribution in [0.3, 0.4) is 0 Å². The van der Waals surface area contributed by atoms with Crippen molar-refractivity contribution in [3.63, 3.8) is 0 Å². The van der Waals surface area contributed by atoms with Crippen molar-refractivity contribution >= 4 is 23.1 Å². The molecule has 5 nitrogen and oxygen atoms in total. The Labute approximate surface area is 204 Å². The summed E-state index contributed by atoms with van der Waals surface area (Å²) >= 11 is 0. The van der Waals surface area contributed by atoms with Gasteiger partial charge in [0.15, 0.2) is 0 Å². The summed E-state index contributed by atoms with van der Waals surface area (Å²) in [5.41, 5.74) is -0.719. The van der Waals surface area contributed by atoms with Crippen molar-refractivity contribution in [2.75, 3.05) is 4.90 Å². The highest BCUT2D eigenvalue weighted by Gasteiger charge is 2.47. The zero-order valence-corrected chi connectivity index (χ0v) is 19.2. The molecule has 0 aromatic heterocycles. The highest BCUT2D eigenvalue weighted by molar-refractivity contribution is 6.51. The molecule has 1 amide bonds. The number of alkyl halides is 3. The van der Waals surface area contributed by atoms with Crippen LogP contribution >= 0.6 is 0 Å². The fourth-order valence-electron chi connectivity index (χ4n) is 4.01. The zero-order chi connectivity index (χ0) is 26.2. The van der Waals surface area contributed by atoms with E-state index < -0.39 is 41.0 Å². The lowest BCUT2D eigenvalue weighted by molar-refractivity contribution is -0.137. The van der Waals surface area contributed by atoms with Gasteiger partial charge in [-0.1, -0.05) is 24.3 Å². The monoisotopic (exact) mass is 499 g/mol. The van der Waals surface area contributed by atoms with Gasteiger partial charge in [0.25, 0.3) is 11.7 Å². The standard InChI is InChI=1S/C27H21F4NO4/c1-15(2)36-21-5-3-4-17(14-21)24(33)22-23(16-6-10-19(28)11-7-16)32(26(35)25(22)34)20-12-8-18(9-13-20)27(29,30)31/h3-15,23,33H,1-2H3/b24-22+. The molecule has 1 N–H and O–H groups in total. The molecule has 1 fully saturated rings. The van der Waals surface area contributed by atoms with Crippen LogP contribution in [0.1, 0.15) is 36.6 Å². The van der Waals surface area contributed by atoms with Crippen molar-refractivity contribution in [2.24, 2.45) is 0 Å². The predicted octanol–water partition coefficient (Wildman–Crippen LogP) is 6.26. The third kappa shape index (κ3) is 4.82. The number of amides is 1. The third-order valence-corrected chi connectivity index (χ3v) is 5.58. The minimum atomic E-state index is -4.59. The number of hydrogen-bond acceptors (Lipinski definition) is 4. The number of aliphatic hydroxyl groups is 1. The van der Waals surface area contributed by atoms with Gasteiger partial charge in [-0.25, -0.2) is 4.39 Å². The molecule has 186 valence electrons. The van der Waals surface area contributed by atoms with Gasteiger partial charge < -0.3 is 9.84 Å². The van der Waals surface area contributed by atoms with Crippen molar-refractivity contribution in [1.82, 2.24) is 0 Å². The number of halogens is 4. The number of ketones is 1. The van der Waals surface area contributed by atoms with E-state index in [9.17, 15) is 32.3 Å². The lowest BCUT2D eigenvalue weighted by atomic mass is 9.95. The Kier molecular flexibility index (Phi) is 6.58. The number of carbonyl (C=O) groups is 2. The van der Waals surface area contributed by atoms with Crippen LogP contribution in [0.25, 0.3) is 5.76 Å². The van der Waals surface area contributed by atoms with E-state index >= 15 is 0 Å². The Morgan fingerprint density at radius 2 is 1.61 bits per heavy atom. The van der Waals surface area contributed by atoms with Crippen LogP contribution in [-0.4, -0.2) is 22.9 Å². The Balaban J connectivity index is 1.88. The summed E-state index contributed by atoms with van der Waals surface area (Å²) in [7, 11) is 0. The third-order valence-electron chi connectivity index (χ3n) is 5.58. The smallest absolute Gasteiger partial charge is 0.416 e. The number of benzene rings is 3. The number of hydrogen-bond donors (Lipinski definition) is 1. The number of nitrogens with zero attached hydrogens (tertiary/aromatic N) is 1. The van der Waals surface area contributed by atoms with Crippen molar-refractivity contribution < 1.29 is 37.0 Å². The molecule has 1 saturated heterocycles. The molecule has 0 saturated carbocycles. The van der Waals surface area contributed by atoms with Crippen LogP contribution in [0, 0.1) is 5.82 Å². The molecule has 9 heteroatoms. The van der Waals surface area contributed by atoms with Crippen LogP contribution in [0.2, 0.25) is 0 Å². The topological polar surface area (TPSA) is 66.8 Å². The van der Waals surface area contributed by atoms with Gasteiger partial charge in [0.1, 0.15) is 17.3 Å². The molecule has 3 aromatic carbocycles. The number of rotatable bonds is 5. The fraction of sp³-hybridized carbons (Fsp3) is 0.185. The first-order valence-corrected chi connectivity index (χ1v) is 11.0. The highest BCUT2D eigenvalue weighted by atomic mass is 19.4. The van der Waals surface area contributed by atoms with Gasteiger partial charge in [0, 0.05) is 11.3 Å². The maximum absolute atomic E-state index is 13.6. The number of anilines is 1. The predicted molar refractivity (Wildman–Crippen MR) is 125 cm³/mol. The summed E-state index contributed by atoms with van der Waals surface area (Å²) in [6.07, 6.45) is -4.75. The summed E-state index contributed by atoms with van der Waals surface area (Å²) in [4.78, 5) is 27.3. The maximum Gasteiger partial charge on any atom is 0.416 e. The van der Waals surface area contributed by atoms with Crippen molar-refractivity contribution in [3.05, 3.63) is 101 Å². The molecular formula is C27H21F4NO4. The normalized spacial score (nSPS) is 17.6. The first kappa shape index (κ1) is 25.0. The molecule has 1 aliphatic rings. The minimum absolute atomic E-state index is 0.00960. The Hall–Kier alpha value is -4.14. The molecule has 1 unspecified atom stereocenters. The number of ether oxygens (including phenoxy) is 1. The Bertz CT molecular complexity index is 1330. The van der Waals surface area contributed by atoms with Gasteiger partial charge in [-0.15, -0.1) is 0 Å². The van der Waals surface area contributed by atoms with E-state index in [2.05, 4.69) is 0 Å². The molecule has 0 aliphatic carbocycles. The van der Waals surface area contributed by atoms with Crippen LogP contribution in [0.15, 0.2) is 78.4 Å². The number of aliphatic hydroxyl groups excluding tert-OH is 1. The number of Topliss-reactive ketones (excluding diaryl/α,β-unsaturated/α-hetero) is 1. The van der Waals surface area contributed by atoms with Gasteiger partial charge in [-0.05, 0) is 67.9 Å². The first-order valence-electron chi connectivity index (χ1n) is 11.0. The lowest BCUT2D eigenvalue weighted by Gasteiger charge is -2.25. The van der Waals surface area contributed by atoms with E-state index in [1.165, 1.54) is 24.3 Å². The molecule has 36 heavy (non-hydrogen) atoms. The average Bonchev–Trinajstić information content (AvgIpc) is 3.09. The molecule has 4 rings (SSSR count). The van der Waals surface area contributed by atoms with E-state index in [0.717, 1.165) is 41.3 Å². The van der Waals surface area contributed by atoms with Crippen molar-refractivity contribution in [3.8, 4) is 5.75 Å². The van der Waals surface area contributed by atoms with Gasteiger partial charge in [0.05, 0.1) is 23.3 Å². The Morgan fingerprint density at radius 1 is 0.972 bits per heavy atom. The van der Waals surface area contributed by atoms with Crippen molar-refractivity contribution in [1.29, 1.82) is 0 Å². The zero-order valence-electron chi connectivity index (χ0n) is 19.2. The van der Waals surface area contributed by atoms with Crippen LogP contribution in [0.4, 0.5) is 23.2 Å². The maximum atomic E-state index is 13.6. The Morgan fingerprint density at radius 3 is 2.19 bits per heavy atom. The van der Waals surface area contributed by atoms with E-state index in [-0.39, 0.29) is 28.5 Å². The van der Waals surface area contributed by atoms with Crippen molar-refractivity contribution in [2.45, 2.75) is 32.2 Å². The van der Waals surface area contributed by atoms with Gasteiger partial charge >= 0.3 is 6.18 Å². The summed E-state index contributed by atoms with van der Waals surface area (Å²) in [6.45, 7) is 3.63. The minimum Gasteiger partial charge on any atom is -0.507 e. The quantitative estimate of drug-likeness (QED) is 0.195. The van der Waals surface area contributed by atoms with Gasteiger partial charge in [-0.2, -0.15) is 13.2 Å². The second-order valence-electron chi connectivity index (χ2n) is 8.46. The second-order valence-corrected chi connectivity index (χ2v) is 8.46. The summed E-state index contributed by atoms with van der Waals surface area (Å²) in [5, 5.41) is 11.2. The second kappa shape index (κ2) is 9.49. The molecule has 0 bridgehead atoms. The van der Waals surface area contributed by atoms with Gasteiger partial charge in [0.2, 0.25) is 0 Å². The lowest BCUT2D eigenvalue weighted by Crippen LogP contribution is -2.29. The molecule has 0 spiro atoms. The largest absolute Gasteiger partial charge is 0.507 e. The number of carbonyl (C=O) groups excluding carboxylic acids is 2. The van der Waals surface area contributed by atoms with Crippen LogP contribution in [0.5, 0.6) is 5.75 Å². The van der Waals surface area contributed by atoms with E-state index in [0.29, 0.717) is 5.75 Å². The highest BCUT2D eigenvalue weighted by Crippen LogP contribution is 2.43. The molecular weight excluding hydrogens is 478 g/mol. The first-order chi connectivity index (χ1) is 17.0. The molecule has 1 aliphatic heterocycles. The van der Waals surface area contributed by atoms with E-state index in [1.807, 2.05) is 13.8 Å². The summed E-state index contributed by atoms with van der Waals surface area (Å²) < 4.78 is 58.5. The molecule has 1 heterocycles. The SMILES string of the molecule is CC(C)Oc1cccc(/C(O)=C2\C(=O)C(=O)N(c3ccc(C(F)(F)F)cc3)C2c2ccc(F)cc2)c1. The fourth-order valence-corrected chi connectivity index (χ4v) is 4.01. The van der Waals surface area contributed by atoms with Crippen LogP contribution < -0.4 is 9.64 Å². The molecule has 3 aromatic rings. The van der Waals surface area contributed by atoms with Crippen LogP contribution in [-0.2, 0) is 15.8 Å². The van der Waals surface area contributed by atoms with E-state index in [1.54, 1.807) is 12.1 Å². The van der Waals surface area contributed by atoms with Gasteiger partial charge in [-0.3, -0.25) is 14.5 Å². The molecule has 1 atom stereocenters.